The van der Waals surface area contributed by atoms with E-state index in [9.17, 15) is 4.79 Å². The van der Waals surface area contributed by atoms with E-state index in [1.54, 1.807) is 0 Å². The van der Waals surface area contributed by atoms with Crippen LogP contribution in [-0.4, -0.2) is 36.0 Å². The summed E-state index contributed by atoms with van der Waals surface area (Å²) in [7, 11) is 0. The lowest BCUT2D eigenvalue weighted by Gasteiger charge is -2.44. The van der Waals surface area contributed by atoms with Crippen LogP contribution in [0.2, 0.25) is 0 Å². The Balaban J connectivity index is 2.06. The van der Waals surface area contributed by atoms with E-state index < -0.39 is 0 Å². The maximum atomic E-state index is 12.7. The van der Waals surface area contributed by atoms with Gasteiger partial charge in [0.2, 0.25) is 5.91 Å². The Morgan fingerprint density at radius 2 is 1.89 bits per heavy atom. The van der Waals surface area contributed by atoms with E-state index in [0.29, 0.717) is 29.7 Å². The van der Waals surface area contributed by atoms with Crippen molar-refractivity contribution in [3.63, 3.8) is 0 Å². The van der Waals surface area contributed by atoms with Crippen molar-refractivity contribution in [2.45, 2.75) is 59.0 Å². The Bertz CT molecular complexity index is 305. The van der Waals surface area contributed by atoms with Crippen LogP contribution < -0.4 is 5.32 Å². The summed E-state index contributed by atoms with van der Waals surface area (Å²) in [6.07, 6.45) is 3.63. The van der Waals surface area contributed by atoms with Crippen molar-refractivity contribution in [3.05, 3.63) is 0 Å². The van der Waals surface area contributed by atoms with Crippen LogP contribution in [0.15, 0.2) is 0 Å². The summed E-state index contributed by atoms with van der Waals surface area (Å²) in [6, 6.07) is 0.448. The Kier molecular flexibility index (Phi) is 4.31. The standard InChI is InChI=1S/C15H28N2O/c1-10-8-12(3)13(4)17(9-10)15(18)14-11(2)6-5-7-16-14/h10-14,16H,5-9H2,1-4H3. The van der Waals surface area contributed by atoms with Gasteiger partial charge in [0.15, 0.2) is 0 Å². The summed E-state index contributed by atoms with van der Waals surface area (Å²) < 4.78 is 0. The molecule has 2 saturated heterocycles. The van der Waals surface area contributed by atoms with Gasteiger partial charge in [-0.3, -0.25) is 4.79 Å². The van der Waals surface area contributed by atoms with Crippen molar-refractivity contribution in [2.75, 3.05) is 13.1 Å². The molecule has 0 spiro atoms. The lowest BCUT2D eigenvalue weighted by Crippen LogP contribution is -2.58. The summed E-state index contributed by atoms with van der Waals surface area (Å²) in [5.41, 5.74) is 0. The van der Waals surface area contributed by atoms with Gasteiger partial charge >= 0.3 is 0 Å². The largest absolute Gasteiger partial charge is 0.338 e. The van der Waals surface area contributed by atoms with Crippen molar-refractivity contribution < 1.29 is 4.79 Å². The van der Waals surface area contributed by atoms with E-state index in [1.807, 2.05) is 0 Å². The Hall–Kier alpha value is -0.570. The molecule has 0 aromatic heterocycles. The van der Waals surface area contributed by atoms with E-state index in [0.717, 1.165) is 13.1 Å². The molecule has 2 heterocycles. The minimum absolute atomic E-state index is 0.0544. The smallest absolute Gasteiger partial charge is 0.240 e. The number of likely N-dealkylation sites (tertiary alicyclic amines) is 1. The van der Waals surface area contributed by atoms with Gasteiger partial charge in [-0.05, 0) is 50.5 Å². The molecule has 5 unspecified atom stereocenters. The van der Waals surface area contributed by atoms with E-state index in [4.69, 9.17) is 0 Å². The molecule has 1 N–H and O–H groups in total. The predicted molar refractivity (Wildman–Crippen MR) is 74.3 cm³/mol. The van der Waals surface area contributed by atoms with E-state index in [2.05, 4.69) is 37.9 Å². The molecule has 18 heavy (non-hydrogen) atoms. The number of hydrogen-bond donors (Lipinski definition) is 1. The van der Waals surface area contributed by atoms with Gasteiger partial charge < -0.3 is 10.2 Å². The van der Waals surface area contributed by atoms with Crippen LogP contribution in [-0.2, 0) is 4.79 Å². The van der Waals surface area contributed by atoms with Crippen LogP contribution in [0.25, 0.3) is 0 Å². The molecule has 3 nitrogen and oxygen atoms in total. The van der Waals surface area contributed by atoms with Gasteiger partial charge in [-0.15, -0.1) is 0 Å². The summed E-state index contributed by atoms with van der Waals surface area (Å²) >= 11 is 0. The summed E-state index contributed by atoms with van der Waals surface area (Å²) in [5, 5.41) is 3.42. The van der Waals surface area contributed by atoms with Crippen LogP contribution in [0, 0.1) is 17.8 Å². The molecular weight excluding hydrogens is 224 g/mol. The highest BCUT2D eigenvalue weighted by Crippen LogP contribution is 2.29. The average molecular weight is 252 g/mol. The van der Waals surface area contributed by atoms with E-state index in [-0.39, 0.29) is 6.04 Å². The van der Waals surface area contributed by atoms with Gasteiger partial charge in [0.05, 0.1) is 6.04 Å². The number of nitrogens with zero attached hydrogens (tertiary/aromatic N) is 1. The summed E-state index contributed by atoms with van der Waals surface area (Å²) in [5.74, 6) is 2.08. The second kappa shape index (κ2) is 5.60. The first-order valence-corrected chi connectivity index (χ1v) is 7.54. The van der Waals surface area contributed by atoms with Gasteiger partial charge in [-0.2, -0.15) is 0 Å². The van der Waals surface area contributed by atoms with Crippen molar-refractivity contribution in [2.24, 2.45) is 17.8 Å². The molecule has 2 fully saturated rings. The van der Waals surface area contributed by atoms with Gasteiger partial charge in [0, 0.05) is 12.6 Å². The highest BCUT2D eigenvalue weighted by atomic mass is 16.2. The number of rotatable bonds is 1. The highest BCUT2D eigenvalue weighted by Gasteiger charge is 2.37. The topological polar surface area (TPSA) is 32.3 Å². The normalized spacial score (nSPS) is 41.8. The van der Waals surface area contributed by atoms with Crippen LogP contribution in [0.4, 0.5) is 0 Å². The third kappa shape index (κ3) is 2.71. The summed E-state index contributed by atoms with van der Waals surface area (Å²) in [6.45, 7) is 10.9. The van der Waals surface area contributed by atoms with Crippen LogP contribution in [0.5, 0.6) is 0 Å². The Labute approximate surface area is 111 Å². The molecule has 2 rings (SSSR count). The molecule has 1 amide bonds. The molecule has 0 aromatic carbocycles. The molecule has 0 radical (unpaired) electrons. The molecule has 0 aromatic rings. The lowest BCUT2D eigenvalue weighted by atomic mass is 9.84. The zero-order valence-corrected chi connectivity index (χ0v) is 12.3. The van der Waals surface area contributed by atoms with Crippen molar-refractivity contribution >= 4 is 5.91 Å². The van der Waals surface area contributed by atoms with Crippen LogP contribution in [0.3, 0.4) is 0 Å². The molecular formula is C15H28N2O. The Morgan fingerprint density at radius 1 is 1.17 bits per heavy atom. The number of carbonyl (C=O) groups excluding carboxylic acids is 1. The molecule has 0 aliphatic carbocycles. The third-order valence-corrected chi connectivity index (χ3v) is 4.92. The first-order chi connectivity index (χ1) is 8.50. The van der Waals surface area contributed by atoms with Crippen molar-refractivity contribution in [1.29, 1.82) is 0 Å². The fourth-order valence-corrected chi connectivity index (χ4v) is 3.56. The molecule has 2 aliphatic rings. The quantitative estimate of drug-likeness (QED) is 0.776. The minimum atomic E-state index is 0.0544. The average Bonchev–Trinajstić information content (AvgIpc) is 2.33. The highest BCUT2D eigenvalue weighted by molar-refractivity contribution is 5.82. The molecule has 3 heteroatoms. The first kappa shape index (κ1) is 13.9. The Morgan fingerprint density at radius 3 is 2.56 bits per heavy atom. The van der Waals surface area contributed by atoms with Gasteiger partial charge in [-0.1, -0.05) is 20.8 Å². The number of piperidine rings is 2. The van der Waals surface area contributed by atoms with Crippen LogP contribution >= 0.6 is 0 Å². The first-order valence-electron chi connectivity index (χ1n) is 7.54. The maximum Gasteiger partial charge on any atom is 0.240 e. The number of nitrogens with one attached hydrogen (secondary N) is 1. The SMILES string of the molecule is CC1CC(C)C(C)N(C(=O)C2NCCCC2C)C1. The van der Waals surface area contributed by atoms with E-state index in [1.165, 1.54) is 19.3 Å². The minimum Gasteiger partial charge on any atom is -0.338 e. The molecule has 2 aliphatic heterocycles. The lowest BCUT2D eigenvalue weighted by molar-refractivity contribution is -0.141. The van der Waals surface area contributed by atoms with Gasteiger partial charge in [0.1, 0.15) is 0 Å². The molecule has 5 atom stereocenters. The molecule has 0 bridgehead atoms. The summed E-state index contributed by atoms with van der Waals surface area (Å²) in [4.78, 5) is 14.9. The second-order valence-electron chi connectivity index (χ2n) is 6.60. The fourth-order valence-electron chi connectivity index (χ4n) is 3.56. The number of amides is 1. The maximum absolute atomic E-state index is 12.7. The van der Waals surface area contributed by atoms with Crippen LogP contribution in [0.1, 0.15) is 47.0 Å². The van der Waals surface area contributed by atoms with Crippen molar-refractivity contribution in [3.8, 4) is 0 Å². The van der Waals surface area contributed by atoms with Gasteiger partial charge in [-0.25, -0.2) is 0 Å². The number of carbonyl (C=O) groups is 1. The zero-order valence-electron chi connectivity index (χ0n) is 12.3. The predicted octanol–water partition coefficient (Wildman–Crippen LogP) is 2.27. The second-order valence-corrected chi connectivity index (χ2v) is 6.60. The van der Waals surface area contributed by atoms with E-state index >= 15 is 0 Å². The number of hydrogen-bond acceptors (Lipinski definition) is 2. The molecule has 0 saturated carbocycles. The zero-order chi connectivity index (χ0) is 13.3. The van der Waals surface area contributed by atoms with Gasteiger partial charge in [0.25, 0.3) is 0 Å². The van der Waals surface area contributed by atoms with Crippen molar-refractivity contribution in [1.82, 2.24) is 10.2 Å². The monoisotopic (exact) mass is 252 g/mol. The molecule has 104 valence electrons. The third-order valence-electron chi connectivity index (χ3n) is 4.92. The fraction of sp³-hybridized carbons (Fsp3) is 0.933.